The minimum Gasteiger partial charge on any atom is -0.480 e. The second-order valence-corrected chi connectivity index (χ2v) is 5.45. The fraction of sp³-hybridized carbons (Fsp3) is 0.467. The number of hydrogen-bond acceptors (Lipinski definition) is 3. The average Bonchev–Trinajstić information content (AvgIpc) is 2.46. The van der Waals surface area contributed by atoms with Gasteiger partial charge in [-0.15, -0.1) is 0 Å². The zero-order valence-corrected chi connectivity index (χ0v) is 13.4. The number of ether oxygens (including phenoxy) is 1. The van der Waals surface area contributed by atoms with E-state index in [9.17, 15) is 14.0 Å². The summed E-state index contributed by atoms with van der Waals surface area (Å²) in [6, 6.07) is 2.54. The molecule has 0 aliphatic rings. The Bertz CT molecular complexity index is 552. The first-order valence-electron chi connectivity index (χ1n) is 6.91. The Morgan fingerprint density at radius 1 is 1.41 bits per heavy atom. The quantitative estimate of drug-likeness (QED) is 0.805. The van der Waals surface area contributed by atoms with Crippen molar-refractivity contribution >= 4 is 23.5 Å². The molecular weight excluding hydrogens is 313 g/mol. The minimum atomic E-state index is -1.10. The van der Waals surface area contributed by atoms with Gasteiger partial charge in [0.05, 0.1) is 5.02 Å². The smallest absolute Gasteiger partial charge is 0.326 e. The molecule has 1 amide bonds. The number of amides is 1. The van der Waals surface area contributed by atoms with E-state index in [1.54, 1.807) is 6.92 Å². The number of hydrogen-bond donors (Lipinski definition) is 2. The maximum atomic E-state index is 12.9. The van der Waals surface area contributed by atoms with E-state index in [-0.39, 0.29) is 16.7 Å². The molecule has 0 saturated carbocycles. The highest BCUT2D eigenvalue weighted by Gasteiger charge is 2.28. The molecule has 2 N–H and O–H groups in total. The Kier molecular flexibility index (Phi) is 6.61. The number of nitrogens with one attached hydrogen (secondary N) is 1. The molecule has 1 rings (SSSR count). The van der Waals surface area contributed by atoms with Crippen LogP contribution in [-0.2, 0) is 9.59 Å². The number of rotatable bonds is 7. The topological polar surface area (TPSA) is 75.6 Å². The molecule has 0 saturated heterocycles. The van der Waals surface area contributed by atoms with Gasteiger partial charge in [-0.1, -0.05) is 31.9 Å². The second kappa shape index (κ2) is 7.98. The maximum absolute atomic E-state index is 12.9. The molecule has 0 spiro atoms. The monoisotopic (exact) mass is 331 g/mol. The summed E-state index contributed by atoms with van der Waals surface area (Å²) in [6.07, 6.45) is -0.357. The number of carboxylic acids is 1. The first-order valence-corrected chi connectivity index (χ1v) is 7.29. The molecule has 0 aromatic heterocycles. The summed E-state index contributed by atoms with van der Waals surface area (Å²) in [5.41, 5.74) is 0. The highest BCUT2D eigenvalue weighted by Crippen LogP contribution is 2.25. The van der Waals surface area contributed by atoms with Crippen LogP contribution >= 0.6 is 11.6 Å². The van der Waals surface area contributed by atoms with E-state index in [4.69, 9.17) is 21.4 Å². The number of halogens is 2. The summed E-state index contributed by atoms with van der Waals surface area (Å²) in [5.74, 6) is -2.26. The van der Waals surface area contributed by atoms with Gasteiger partial charge in [0, 0.05) is 0 Å². The normalized spacial score (nSPS) is 14.8. The van der Waals surface area contributed by atoms with Crippen molar-refractivity contribution in [1.82, 2.24) is 5.32 Å². The lowest BCUT2D eigenvalue weighted by Crippen LogP contribution is -2.49. The van der Waals surface area contributed by atoms with Gasteiger partial charge in [0.2, 0.25) is 0 Å². The van der Waals surface area contributed by atoms with Gasteiger partial charge < -0.3 is 15.2 Å². The predicted octanol–water partition coefficient (Wildman–Crippen LogP) is 2.86. The van der Waals surface area contributed by atoms with E-state index < -0.39 is 29.8 Å². The van der Waals surface area contributed by atoms with E-state index in [1.165, 1.54) is 13.0 Å². The lowest BCUT2D eigenvalue weighted by molar-refractivity contribution is -0.144. The molecule has 0 heterocycles. The van der Waals surface area contributed by atoms with Crippen molar-refractivity contribution in [2.75, 3.05) is 0 Å². The van der Waals surface area contributed by atoms with Crippen molar-refractivity contribution in [3.63, 3.8) is 0 Å². The number of carbonyl (C=O) groups excluding carboxylic acids is 1. The fourth-order valence-electron chi connectivity index (χ4n) is 1.77. The van der Waals surface area contributed by atoms with Crippen molar-refractivity contribution in [3.8, 4) is 5.75 Å². The molecule has 0 aliphatic heterocycles. The van der Waals surface area contributed by atoms with Crippen molar-refractivity contribution in [2.24, 2.45) is 5.92 Å². The summed E-state index contributed by atoms with van der Waals surface area (Å²) >= 11 is 5.82. The first-order chi connectivity index (χ1) is 10.3. The van der Waals surface area contributed by atoms with Crippen molar-refractivity contribution in [1.29, 1.82) is 0 Å². The zero-order valence-electron chi connectivity index (χ0n) is 12.6. The van der Waals surface area contributed by atoms with E-state index in [0.717, 1.165) is 12.1 Å². The van der Waals surface area contributed by atoms with E-state index in [1.807, 2.05) is 6.92 Å². The molecule has 3 unspecified atom stereocenters. The van der Waals surface area contributed by atoms with Gasteiger partial charge in [0.15, 0.2) is 6.10 Å². The maximum Gasteiger partial charge on any atom is 0.326 e. The van der Waals surface area contributed by atoms with Gasteiger partial charge in [0.25, 0.3) is 5.91 Å². The molecule has 5 nitrogen and oxygen atoms in total. The molecule has 122 valence electrons. The molecule has 0 aliphatic carbocycles. The van der Waals surface area contributed by atoms with Crippen LogP contribution in [0.25, 0.3) is 0 Å². The van der Waals surface area contributed by atoms with E-state index >= 15 is 0 Å². The van der Waals surface area contributed by atoms with Crippen LogP contribution in [0.1, 0.15) is 27.2 Å². The number of benzene rings is 1. The van der Waals surface area contributed by atoms with Crippen LogP contribution in [-0.4, -0.2) is 29.1 Å². The van der Waals surface area contributed by atoms with Crippen molar-refractivity contribution in [3.05, 3.63) is 29.0 Å². The third kappa shape index (κ3) is 4.87. The highest BCUT2D eigenvalue weighted by atomic mass is 35.5. The second-order valence-electron chi connectivity index (χ2n) is 5.04. The molecule has 1 aromatic carbocycles. The van der Waals surface area contributed by atoms with Gasteiger partial charge in [0.1, 0.15) is 17.6 Å². The summed E-state index contributed by atoms with van der Waals surface area (Å²) in [6.45, 7) is 5.04. The highest BCUT2D eigenvalue weighted by molar-refractivity contribution is 6.32. The Labute approximate surface area is 133 Å². The van der Waals surface area contributed by atoms with Crippen LogP contribution < -0.4 is 10.1 Å². The number of carbonyl (C=O) groups is 2. The Balaban J connectivity index is 2.73. The molecule has 0 radical (unpaired) electrons. The molecule has 0 bridgehead atoms. The molecule has 22 heavy (non-hydrogen) atoms. The van der Waals surface area contributed by atoms with Gasteiger partial charge in [-0.25, -0.2) is 9.18 Å². The largest absolute Gasteiger partial charge is 0.480 e. The van der Waals surface area contributed by atoms with Gasteiger partial charge in [-0.05, 0) is 31.0 Å². The fourth-order valence-corrected chi connectivity index (χ4v) is 1.98. The first kappa shape index (κ1) is 18.2. The lowest BCUT2D eigenvalue weighted by Gasteiger charge is -2.22. The van der Waals surface area contributed by atoms with Crippen LogP contribution in [0.5, 0.6) is 5.75 Å². The van der Waals surface area contributed by atoms with Crippen LogP contribution in [0.4, 0.5) is 4.39 Å². The summed E-state index contributed by atoms with van der Waals surface area (Å²) in [5, 5.41) is 11.6. The molecule has 0 fully saturated rings. The molecule has 7 heteroatoms. The van der Waals surface area contributed by atoms with Crippen LogP contribution in [0.2, 0.25) is 5.02 Å². The summed E-state index contributed by atoms with van der Waals surface area (Å²) in [4.78, 5) is 23.2. The number of aliphatic carboxylic acids is 1. The van der Waals surface area contributed by atoms with Gasteiger partial charge in [-0.2, -0.15) is 0 Å². The Hall–Kier alpha value is -1.82. The minimum absolute atomic E-state index is 0.0383. The van der Waals surface area contributed by atoms with Crippen LogP contribution in [0, 0.1) is 11.7 Å². The Morgan fingerprint density at radius 2 is 2.05 bits per heavy atom. The average molecular weight is 332 g/mol. The Morgan fingerprint density at radius 3 is 2.55 bits per heavy atom. The zero-order chi connectivity index (χ0) is 16.9. The molecule has 3 atom stereocenters. The SMILES string of the molecule is CCC(C)C(NC(=O)C(C)Oc1ccc(F)cc1Cl)C(=O)O. The van der Waals surface area contributed by atoms with Crippen molar-refractivity contribution in [2.45, 2.75) is 39.3 Å². The van der Waals surface area contributed by atoms with Crippen molar-refractivity contribution < 1.29 is 23.8 Å². The van der Waals surface area contributed by atoms with Gasteiger partial charge in [-0.3, -0.25) is 4.79 Å². The number of carboxylic acid groups (broad SMARTS) is 1. The van der Waals surface area contributed by atoms with Crippen LogP contribution in [0.3, 0.4) is 0 Å². The van der Waals surface area contributed by atoms with E-state index in [2.05, 4.69) is 5.32 Å². The molecular formula is C15H19ClFNO4. The van der Waals surface area contributed by atoms with Crippen LogP contribution in [0.15, 0.2) is 18.2 Å². The molecule has 1 aromatic rings. The predicted molar refractivity (Wildman–Crippen MR) is 80.5 cm³/mol. The summed E-state index contributed by atoms with van der Waals surface area (Å²) < 4.78 is 18.3. The third-order valence-electron chi connectivity index (χ3n) is 3.34. The van der Waals surface area contributed by atoms with Gasteiger partial charge >= 0.3 is 5.97 Å². The third-order valence-corrected chi connectivity index (χ3v) is 3.64. The van der Waals surface area contributed by atoms with E-state index in [0.29, 0.717) is 6.42 Å². The lowest BCUT2D eigenvalue weighted by atomic mass is 9.99. The standard InChI is InChI=1S/C15H19ClFNO4/c1-4-8(2)13(15(20)21)18-14(19)9(3)22-12-6-5-10(17)7-11(12)16/h5-9,13H,4H2,1-3H3,(H,18,19)(H,20,21). The summed E-state index contributed by atoms with van der Waals surface area (Å²) in [7, 11) is 0.